The van der Waals surface area contributed by atoms with E-state index in [1.54, 1.807) is 13.0 Å². The van der Waals surface area contributed by atoms with Crippen LogP contribution in [0.5, 0.6) is 11.5 Å². The summed E-state index contributed by atoms with van der Waals surface area (Å²) in [5, 5.41) is 0.874. The molecular weight excluding hydrogens is 400 g/mol. The molecule has 0 aliphatic rings. The van der Waals surface area contributed by atoms with Gasteiger partial charge in [0.25, 0.3) is 0 Å². The molecule has 0 aromatic heterocycles. The van der Waals surface area contributed by atoms with E-state index in [2.05, 4.69) is 22.9 Å². The molecule has 0 heterocycles. The molecule has 0 saturated heterocycles. The Labute approximate surface area is 164 Å². The number of carbonyl (C=O) groups is 2. The molecule has 0 unspecified atom stereocenters. The average Bonchev–Trinajstić information content (AvgIpc) is 2.60. The van der Waals surface area contributed by atoms with E-state index in [0.717, 1.165) is 35.9 Å². The summed E-state index contributed by atoms with van der Waals surface area (Å²) in [7, 11) is 0. The highest BCUT2D eigenvalue weighted by atomic mass is 79.9. The molecule has 0 radical (unpaired) electrons. The summed E-state index contributed by atoms with van der Waals surface area (Å²) in [5.74, 6) is 1.07. The lowest BCUT2D eigenvalue weighted by Gasteiger charge is -2.18. The van der Waals surface area contributed by atoms with Crippen LogP contribution in [0.1, 0.15) is 62.4 Å². The molecule has 0 spiro atoms. The molecule has 0 saturated carbocycles. The molecule has 0 atom stereocenters. The minimum atomic E-state index is -0.233. The fraction of sp³-hybridized carbons (Fsp3) is 0.600. The van der Waals surface area contributed by atoms with Crippen LogP contribution in [0.15, 0.2) is 12.1 Å². The number of alkyl halides is 1. The zero-order valence-electron chi connectivity index (χ0n) is 15.9. The number of Topliss-reactive ketones (excluding diaryl/α,β-unsaturated/α-hetero) is 1. The van der Waals surface area contributed by atoms with Gasteiger partial charge in [0.15, 0.2) is 5.78 Å². The van der Waals surface area contributed by atoms with Gasteiger partial charge >= 0.3 is 5.97 Å². The van der Waals surface area contributed by atoms with Gasteiger partial charge in [-0.15, -0.1) is 0 Å². The Bertz CT molecular complexity index is 586. The van der Waals surface area contributed by atoms with Gasteiger partial charge in [0, 0.05) is 17.3 Å². The van der Waals surface area contributed by atoms with Crippen molar-refractivity contribution in [1.82, 2.24) is 0 Å². The van der Waals surface area contributed by atoms with Crippen LogP contribution in [0.3, 0.4) is 0 Å². The first kappa shape index (κ1) is 22.5. The third-order valence-electron chi connectivity index (χ3n) is 3.71. The Hall–Kier alpha value is -1.56. The summed E-state index contributed by atoms with van der Waals surface area (Å²) in [4.78, 5) is 23.5. The minimum absolute atomic E-state index is 0.0465. The van der Waals surface area contributed by atoms with Crippen molar-refractivity contribution in [2.75, 3.05) is 25.2 Å². The third kappa shape index (κ3) is 7.36. The SMILES string of the molecule is CCCc1c(OCCCBr)ccc(C(C)=O)c1OCCCC(=O)OCC. The minimum Gasteiger partial charge on any atom is -0.493 e. The Morgan fingerprint density at radius 3 is 2.42 bits per heavy atom. The van der Waals surface area contributed by atoms with Crippen LogP contribution in [-0.2, 0) is 16.0 Å². The second-order valence-corrected chi connectivity index (χ2v) is 6.67. The van der Waals surface area contributed by atoms with Gasteiger partial charge in [0.05, 0.1) is 25.4 Å². The van der Waals surface area contributed by atoms with Crippen LogP contribution in [0, 0.1) is 0 Å². The average molecular weight is 429 g/mol. The van der Waals surface area contributed by atoms with Crippen LogP contribution in [0.2, 0.25) is 0 Å². The highest BCUT2D eigenvalue weighted by molar-refractivity contribution is 9.09. The number of esters is 1. The molecule has 0 bridgehead atoms. The number of hydrogen-bond acceptors (Lipinski definition) is 5. The third-order valence-corrected chi connectivity index (χ3v) is 4.27. The first-order valence-corrected chi connectivity index (χ1v) is 10.3. The van der Waals surface area contributed by atoms with Gasteiger partial charge in [0.1, 0.15) is 11.5 Å². The second-order valence-electron chi connectivity index (χ2n) is 5.87. The predicted octanol–water partition coefficient (Wildman–Crippen LogP) is 4.73. The van der Waals surface area contributed by atoms with E-state index in [4.69, 9.17) is 14.2 Å². The summed E-state index contributed by atoms with van der Waals surface area (Å²) in [6, 6.07) is 3.60. The number of carbonyl (C=O) groups excluding carboxylic acids is 2. The maximum Gasteiger partial charge on any atom is 0.305 e. The van der Waals surface area contributed by atoms with Gasteiger partial charge in [-0.2, -0.15) is 0 Å². The summed E-state index contributed by atoms with van der Waals surface area (Å²) in [6.45, 7) is 6.72. The summed E-state index contributed by atoms with van der Waals surface area (Å²) < 4.78 is 16.7. The van der Waals surface area contributed by atoms with E-state index in [1.807, 2.05) is 6.07 Å². The van der Waals surface area contributed by atoms with Gasteiger partial charge in [-0.1, -0.05) is 29.3 Å². The van der Waals surface area contributed by atoms with E-state index >= 15 is 0 Å². The van der Waals surface area contributed by atoms with Crippen LogP contribution < -0.4 is 9.47 Å². The maximum absolute atomic E-state index is 12.0. The molecule has 146 valence electrons. The lowest BCUT2D eigenvalue weighted by Crippen LogP contribution is -2.11. The van der Waals surface area contributed by atoms with Crippen molar-refractivity contribution in [2.24, 2.45) is 0 Å². The number of rotatable bonds is 13. The molecule has 0 aliphatic heterocycles. The smallest absolute Gasteiger partial charge is 0.305 e. The molecule has 1 aromatic carbocycles. The zero-order valence-corrected chi connectivity index (χ0v) is 17.5. The molecule has 0 fully saturated rings. The van der Waals surface area contributed by atoms with Gasteiger partial charge in [-0.3, -0.25) is 9.59 Å². The standard InChI is InChI=1S/C20H29BrO5/c1-4-8-17-18(25-14-7-12-21)11-10-16(15(3)22)20(17)26-13-6-9-19(23)24-5-2/h10-11H,4-9,12-14H2,1-3H3. The highest BCUT2D eigenvalue weighted by Gasteiger charge is 2.18. The molecule has 26 heavy (non-hydrogen) atoms. The van der Waals surface area contributed by atoms with Crippen molar-refractivity contribution in [3.05, 3.63) is 23.3 Å². The Kier molecular flexibility index (Phi) is 11.0. The fourth-order valence-corrected chi connectivity index (χ4v) is 2.76. The fourth-order valence-electron chi connectivity index (χ4n) is 2.53. The topological polar surface area (TPSA) is 61.8 Å². The van der Waals surface area contributed by atoms with Crippen molar-refractivity contribution < 1.29 is 23.8 Å². The van der Waals surface area contributed by atoms with E-state index in [-0.39, 0.29) is 11.8 Å². The molecule has 0 amide bonds. The number of halogens is 1. The van der Waals surface area contributed by atoms with E-state index in [9.17, 15) is 9.59 Å². The van der Waals surface area contributed by atoms with E-state index in [0.29, 0.717) is 44.0 Å². The van der Waals surface area contributed by atoms with Gasteiger partial charge in [-0.25, -0.2) is 0 Å². The Morgan fingerprint density at radius 1 is 1.08 bits per heavy atom. The van der Waals surface area contributed by atoms with Gasteiger partial charge < -0.3 is 14.2 Å². The normalized spacial score (nSPS) is 10.5. The van der Waals surface area contributed by atoms with Crippen molar-refractivity contribution in [3.63, 3.8) is 0 Å². The van der Waals surface area contributed by atoms with Crippen molar-refractivity contribution in [2.45, 2.75) is 52.9 Å². The summed E-state index contributed by atoms with van der Waals surface area (Å²) in [6.07, 6.45) is 3.41. The van der Waals surface area contributed by atoms with Crippen LogP contribution in [-0.4, -0.2) is 36.9 Å². The van der Waals surface area contributed by atoms with Gasteiger partial charge in [0.2, 0.25) is 0 Å². The summed E-state index contributed by atoms with van der Waals surface area (Å²) in [5.41, 5.74) is 1.48. The van der Waals surface area contributed by atoms with Crippen LogP contribution in [0.25, 0.3) is 0 Å². The number of hydrogen-bond donors (Lipinski definition) is 0. The highest BCUT2D eigenvalue weighted by Crippen LogP contribution is 2.34. The Balaban J connectivity index is 2.93. The monoisotopic (exact) mass is 428 g/mol. The molecule has 1 rings (SSSR count). The van der Waals surface area contributed by atoms with Crippen LogP contribution in [0.4, 0.5) is 0 Å². The zero-order chi connectivity index (χ0) is 19.4. The summed E-state index contributed by atoms with van der Waals surface area (Å²) >= 11 is 3.40. The van der Waals surface area contributed by atoms with Crippen molar-refractivity contribution in [3.8, 4) is 11.5 Å². The van der Waals surface area contributed by atoms with Crippen molar-refractivity contribution in [1.29, 1.82) is 0 Å². The lowest BCUT2D eigenvalue weighted by molar-refractivity contribution is -0.143. The molecule has 1 aromatic rings. The van der Waals surface area contributed by atoms with E-state index < -0.39 is 0 Å². The quantitative estimate of drug-likeness (QED) is 0.196. The maximum atomic E-state index is 12.0. The van der Waals surface area contributed by atoms with Crippen LogP contribution >= 0.6 is 15.9 Å². The second kappa shape index (κ2) is 12.7. The first-order valence-electron chi connectivity index (χ1n) is 9.19. The number of benzene rings is 1. The van der Waals surface area contributed by atoms with E-state index in [1.165, 1.54) is 6.92 Å². The number of ketones is 1. The Morgan fingerprint density at radius 2 is 1.81 bits per heavy atom. The largest absolute Gasteiger partial charge is 0.493 e. The predicted molar refractivity (Wildman–Crippen MR) is 106 cm³/mol. The molecule has 5 nitrogen and oxygen atoms in total. The number of ether oxygens (including phenoxy) is 3. The molecule has 0 aliphatic carbocycles. The molecular formula is C20H29BrO5. The first-order chi connectivity index (χ1) is 12.5. The van der Waals surface area contributed by atoms with Crippen molar-refractivity contribution >= 4 is 27.7 Å². The molecule has 0 N–H and O–H groups in total. The lowest BCUT2D eigenvalue weighted by atomic mass is 10.0. The van der Waals surface area contributed by atoms with Gasteiger partial charge in [-0.05, 0) is 45.2 Å². The molecule has 6 heteroatoms.